The number of hydrogen-bond donors (Lipinski definition) is 0. The number of rotatable bonds is 7. The number of ether oxygens (including phenoxy) is 4. The lowest BCUT2D eigenvalue weighted by Crippen LogP contribution is -2.56. The first-order valence-electron chi connectivity index (χ1n) is 11.4. The molecule has 0 aliphatic carbocycles. The maximum Gasteiger partial charge on any atom is 0.340 e. The summed E-state index contributed by atoms with van der Waals surface area (Å²) in [4.78, 5) is 23.2. The Kier molecular flexibility index (Phi) is 7.40. The molecule has 2 heterocycles. The van der Waals surface area contributed by atoms with Crippen molar-refractivity contribution in [3.63, 3.8) is 0 Å². The summed E-state index contributed by atoms with van der Waals surface area (Å²) in [6, 6.07) is 5.22. The van der Waals surface area contributed by atoms with Crippen LogP contribution in [-0.4, -0.2) is 56.2 Å². The standard InChI is InChI=1S/C24H35NO8Si/c1-9-17-19-20(33-24(5,6)32-19)18(14-29-34(7,8)23(2,3)4)30-22(17)31-21(26)15-10-12-16(13-11-15)25(27)28/h9-13,17-20,22H,1,14H2,2-8H3/t17-,18-,19-,20+,22?/m1/s1. The van der Waals surface area contributed by atoms with Gasteiger partial charge in [-0.2, -0.15) is 0 Å². The summed E-state index contributed by atoms with van der Waals surface area (Å²) < 4.78 is 30.7. The van der Waals surface area contributed by atoms with Crippen LogP contribution in [0.2, 0.25) is 18.1 Å². The van der Waals surface area contributed by atoms with E-state index >= 15 is 0 Å². The van der Waals surface area contributed by atoms with Crippen molar-refractivity contribution in [2.75, 3.05) is 6.61 Å². The van der Waals surface area contributed by atoms with E-state index in [2.05, 4.69) is 40.4 Å². The molecule has 2 saturated heterocycles. The Morgan fingerprint density at radius 2 is 1.79 bits per heavy atom. The van der Waals surface area contributed by atoms with E-state index in [-0.39, 0.29) is 22.9 Å². The Morgan fingerprint density at radius 1 is 1.21 bits per heavy atom. The van der Waals surface area contributed by atoms with Gasteiger partial charge in [-0.25, -0.2) is 4.79 Å². The summed E-state index contributed by atoms with van der Waals surface area (Å²) in [5, 5.41) is 10.9. The third kappa shape index (κ3) is 5.57. The topological polar surface area (TPSA) is 106 Å². The van der Waals surface area contributed by atoms with Crippen LogP contribution in [0.15, 0.2) is 36.9 Å². The second-order valence-electron chi connectivity index (χ2n) is 10.7. The molecule has 9 nitrogen and oxygen atoms in total. The minimum Gasteiger partial charge on any atom is -0.431 e. The Balaban J connectivity index is 1.81. The van der Waals surface area contributed by atoms with Crippen LogP contribution < -0.4 is 0 Å². The molecule has 5 atom stereocenters. The summed E-state index contributed by atoms with van der Waals surface area (Å²) in [6.45, 7) is 18.6. The molecule has 2 fully saturated rings. The van der Waals surface area contributed by atoms with Crippen LogP contribution in [-0.2, 0) is 23.4 Å². The summed E-state index contributed by atoms with van der Waals surface area (Å²) in [5.41, 5.74) is 0.0657. The second-order valence-corrected chi connectivity index (χ2v) is 15.5. The molecule has 10 heteroatoms. The molecule has 3 rings (SSSR count). The SMILES string of the molecule is C=C[C@H]1C(OC(=O)c2ccc([N+](=O)[O-])cc2)O[C@H](CO[Si](C)(C)C(C)(C)C)[C@@H]2OC(C)(C)O[C@@H]21. The van der Waals surface area contributed by atoms with Gasteiger partial charge in [-0.3, -0.25) is 10.1 Å². The lowest BCUT2D eigenvalue weighted by Gasteiger charge is -2.43. The first-order valence-corrected chi connectivity index (χ1v) is 14.3. The van der Waals surface area contributed by atoms with Crippen molar-refractivity contribution in [3.05, 3.63) is 52.6 Å². The summed E-state index contributed by atoms with van der Waals surface area (Å²) >= 11 is 0. The van der Waals surface area contributed by atoms with E-state index in [1.807, 2.05) is 13.8 Å². The van der Waals surface area contributed by atoms with E-state index in [0.717, 1.165) is 0 Å². The van der Waals surface area contributed by atoms with Crippen LogP contribution in [0, 0.1) is 16.0 Å². The molecular formula is C24H35NO8Si. The van der Waals surface area contributed by atoms with E-state index in [1.54, 1.807) is 6.08 Å². The van der Waals surface area contributed by atoms with E-state index in [1.165, 1.54) is 24.3 Å². The van der Waals surface area contributed by atoms with Crippen molar-refractivity contribution in [1.82, 2.24) is 0 Å². The number of hydrogen-bond acceptors (Lipinski definition) is 8. The predicted molar refractivity (Wildman–Crippen MR) is 128 cm³/mol. The average Bonchev–Trinajstić information content (AvgIpc) is 3.06. The lowest BCUT2D eigenvalue weighted by atomic mass is 9.91. The van der Waals surface area contributed by atoms with Crippen molar-refractivity contribution in [1.29, 1.82) is 0 Å². The smallest absolute Gasteiger partial charge is 0.340 e. The van der Waals surface area contributed by atoms with Crippen LogP contribution in [0.3, 0.4) is 0 Å². The van der Waals surface area contributed by atoms with Crippen LogP contribution >= 0.6 is 0 Å². The number of nitro groups is 1. The highest BCUT2D eigenvalue weighted by molar-refractivity contribution is 6.74. The van der Waals surface area contributed by atoms with Crippen LogP contribution in [0.5, 0.6) is 0 Å². The zero-order chi connectivity index (χ0) is 25.5. The molecule has 34 heavy (non-hydrogen) atoms. The molecule has 0 aromatic heterocycles. The monoisotopic (exact) mass is 493 g/mol. The zero-order valence-electron chi connectivity index (χ0n) is 20.9. The predicted octanol–water partition coefficient (Wildman–Crippen LogP) is 4.82. The van der Waals surface area contributed by atoms with Gasteiger partial charge in [-0.15, -0.1) is 6.58 Å². The van der Waals surface area contributed by atoms with E-state index in [4.69, 9.17) is 23.4 Å². The van der Waals surface area contributed by atoms with E-state index in [9.17, 15) is 14.9 Å². The molecule has 0 N–H and O–H groups in total. The van der Waals surface area contributed by atoms with Gasteiger partial charge in [0.05, 0.1) is 23.0 Å². The fourth-order valence-corrected chi connectivity index (χ4v) is 4.80. The number of benzene rings is 1. The van der Waals surface area contributed by atoms with Gasteiger partial charge in [0.15, 0.2) is 14.1 Å². The fraction of sp³-hybridized carbons (Fsp3) is 0.625. The fourth-order valence-electron chi connectivity index (χ4n) is 3.78. The second kappa shape index (κ2) is 9.50. The summed E-state index contributed by atoms with van der Waals surface area (Å²) in [7, 11) is -2.07. The van der Waals surface area contributed by atoms with Gasteiger partial charge >= 0.3 is 5.97 Å². The average molecular weight is 494 g/mol. The zero-order valence-corrected chi connectivity index (χ0v) is 21.9. The first kappa shape index (κ1) is 26.5. The highest BCUT2D eigenvalue weighted by Crippen LogP contribution is 2.42. The molecule has 1 unspecified atom stereocenters. The largest absolute Gasteiger partial charge is 0.431 e. The minimum atomic E-state index is -2.07. The van der Waals surface area contributed by atoms with Gasteiger partial charge in [0.2, 0.25) is 6.29 Å². The van der Waals surface area contributed by atoms with E-state index in [0.29, 0.717) is 0 Å². The summed E-state index contributed by atoms with van der Waals surface area (Å²) in [5.74, 6) is -1.97. The third-order valence-electron chi connectivity index (χ3n) is 6.76. The van der Waals surface area contributed by atoms with Gasteiger partial charge in [0.25, 0.3) is 5.69 Å². The number of carbonyl (C=O) groups is 1. The maximum atomic E-state index is 12.8. The highest BCUT2D eigenvalue weighted by atomic mass is 28.4. The molecule has 1 aromatic rings. The Hall–Kier alpha value is -2.11. The van der Waals surface area contributed by atoms with Crippen molar-refractivity contribution < 1.29 is 33.1 Å². The molecule has 0 saturated carbocycles. The Morgan fingerprint density at radius 3 is 2.32 bits per heavy atom. The molecule has 188 valence electrons. The van der Waals surface area contributed by atoms with Gasteiger partial charge in [-0.05, 0) is 44.1 Å². The van der Waals surface area contributed by atoms with Crippen LogP contribution in [0.25, 0.3) is 0 Å². The number of nitrogens with zero attached hydrogens (tertiary/aromatic N) is 1. The van der Waals surface area contributed by atoms with Gasteiger partial charge in [0.1, 0.15) is 18.3 Å². The van der Waals surface area contributed by atoms with Crippen molar-refractivity contribution in [2.24, 2.45) is 5.92 Å². The van der Waals surface area contributed by atoms with Crippen molar-refractivity contribution in [2.45, 2.75) is 83.1 Å². The number of fused-ring (bicyclic) bond motifs is 1. The van der Waals surface area contributed by atoms with Gasteiger partial charge in [0, 0.05) is 12.1 Å². The normalized spacial score (nSPS) is 28.7. The molecule has 0 amide bonds. The van der Waals surface area contributed by atoms with Crippen molar-refractivity contribution >= 4 is 20.0 Å². The Labute approximate surface area is 201 Å². The maximum absolute atomic E-state index is 12.8. The van der Waals surface area contributed by atoms with Gasteiger partial charge < -0.3 is 23.4 Å². The molecule has 1 aromatic carbocycles. The molecule has 2 aliphatic rings. The Bertz CT molecular complexity index is 924. The first-order chi connectivity index (χ1) is 15.6. The quantitative estimate of drug-likeness (QED) is 0.175. The minimum absolute atomic E-state index is 0.0127. The third-order valence-corrected chi connectivity index (χ3v) is 11.3. The molecule has 2 aliphatic heterocycles. The number of nitro benzene ring substituents is 1. The number of carbonyl (C=O) groups excluding carboxylic acids is 1. The van der Waals surface area contributed by atoms with Crippen molar-refractivity contribution in [3.8, 4) is 0 Å². The van der Waals surface area contributed by atoms with Crippen LogP contribution in [0.1, 0.15) is 45.0 Å². The van der Waals surface area contributed by atoms with Crippen LogP contribution in [0.4, 0.5) is 5.69 Å². The highest BCUT2D eigenvalue weighted by Gasteiger charge is 2.55. The summed E-state index contributed by atoms with van der Waals surface area (Å²) in [6.07, 6.45) is -0.721. The lowest BCUT2D eigenvalue weighted by molar-refractivity contribution is -0.384. The molecular weight excluding hydrogens is 458 g/mol. The molecule has 0 radical (unpaired) electrons. The molecule has 0 bridgehead atoms. The van der Waals surface area contributed by atoms with E-state index < -0.39 is 55.5 Å². The number of non-ortho nitro benzene ring substituents is 1. The van der Waals surface area contributed by atoms with Gasteiger partial charge in [-0.1, -0.05) is 26.8 Å². The number of esters is 1. The molecule has 0 spiro atoms.